The van der Waals surface area contributed by atoms with Gasteiger partial charge in [0, 0.05) is 29.9 Å². The van der Waals surface area contributed by atoms with E-state index < -0.39 is 0 Å². The van der Waals surface area contributed by atoms with Gasteiger partial charge in [-0.05, 0) is 24.3 Å². The molecule has 2 heterocycles. The van der Waals surface area contributed by atoms with E-state index in [9.17, 15) is 0 Å². The number of nitrogens with one attached hydrogen (secondary N) is 1. The Bertz CT molecular complexity index is 878. The zero-order chi connectivity index (χ0) is 18.0. The van der Waals surface area contributed by atoms with Gasteiger partial charge < -0.3 is 14.8 Å². The molecule has 6 heteroatoms. The van der Waals surface area contributed by atoms with E-state index >= 15 is 0 Å². The van der Waals surface area contributed by atoms with Crippen LogP contribution < -0.4 is 5.32 Å². The molecule has 1 N–H and O–H groups in total. The van der Waals surface area contributed by atoms with Gasteiger partial charge >= 0.3 is 0 Å². The third kappa shape index (κ3) is 4.76. The van der Waals surface area contributed by atoms with Crippen LogP contribution in [-0.2, 0) is 9.47 Å². The molecule has 0 fully saturated rings. The third-order valence-corrected chi connectivity index (χ3v) is 3.62. The summed E-state index contributed by atoms with van der Waals surface area (Å²) < 4.78 is 10.7. The Morgan fingerprint density at radius 3 is 2.73 bits per heavy atom. The van der Waals surface area contributed by atoms with E-state index in [-0.39, 0.29) is 0 Å². The van der Waals surface area contributed by atoms with Crippen molar-refractivity contribution in [1.82, 2.24) is 15.0 Å². The number of rotatable bonds is 9. The highest BCUT2D eigenvalue weighted by Crippen LogP contribution is 2.24. The maximum atomic E-state index is 5.52. The van der Waals surface area contributed by atoms with Crippen molar-refractivity contribution >= 4 is 16.7 Å². The number of pyridine rings is 1. The summed E-state index contributed by atoms with van der Waals surface area (Å²) in [4.78, 5) is 13.4. The van der Waals surface area contributed by atoms with Crippen LogP contribution in [0.5, 0.6) is 0 Å². The van der Waals surface area contributed by atoms with Crippen molar-refractivity contribution in [3.8, 4) is 23.7 Å². The molecule has 26 heavy (non-hydrogen) atoms. The molecule has 0 atom stereocenters. The average molecular weight is 348 g/mol. The van der Waals surface area contributed by atoms with E-state index in [1.54, 1.807) is 12.4 Å². The number of hydrogen-bond donors (Lipinski definition) is 1. The summed E-state index contributed by atoms with van der Waals surface area (Å²) in [6.07, 6.45) is 8.60. The van der Waals surface area contributed by atoms with Gasteiger partial charge in [0.1, 0.15) is 12.4 Å². The quantitative estimate of drug-likeness (QED) is 0.474. The van der Waals surface area contributed by atoms with Crippen molar-refractivity contribution in [2.45, 2.75) is 0 Å². The van der Waals surface area contributed by atoms with Crippen LogP contribution in [0.2, 0.25) is 0 Å². The van der Waals surface area contributed by atoms with Crippen molar-refractivity contribution in [2.24, 2.45) is 0 Å². The van der Waals surface area contributed by atoms with Crippen LogP contribution in [0, 0.1) is 12.3 Å². The molecule has 0 spiro atoms. The van der Waals surface area contributed by atoms with Gasteiger partial charge in [-0.25, -0.2) is 9.97 Å². The molecule has 1 aromatic carbocycles. The largest absolute Gasteiger partial charge is 0.377 e. The number of benzene rings is 1. The normalized spacial score (nSPS) is 10.6. The van der Waals surface area contributed by atoms with Crippen molar-refractivity contribution in [3.63, 3.8) is 0 Å². The number of anilines is 1. The number of hydrogen-bond acceptors (Lipinski definition) is 6. The van der Waals surface area contributed by atoms with Gasteiger partial charge in [-0.2, -0.15) is 0 Å². The second kappa shape index (κ2) is 9.47. The Morgan fingerprint density at radius 1 is 1.00 bits per heavy atom. The molecule has 132 valence electrons. The van der Waals surface area contributed by atoms with Gasteiger partial charge in [-0.3, -0.25) is 4.98 Å². The molecule has 0 radical (unpaired) electrons. The minimum atomic E-state index is 0.311. The van der Waals surface area contributed by atoms with Crippen molar-refractivity contribution in [2.75, 3.05) is 38.3 Å². The van der Waals surface area contributed by atoms with Crippen LogP contribution in [0.25, 0.3) is 22.3 Å². The summed E-state index contributed by atoms with van der Waals surface area (Å²) in [5.41, 5.74) is 1.76. The second-order valence-corrected chi connectivity index (χ2v) is 5.45. The van der Waals surface area contributed by atoms with Gasteiger partial charge in [0.2, 0.25) is 0 Å². The summed E-state index contributed by atoms with van der Waals surface area (Å²) in [5.74, 6) is 3.84. The van der Waals surface area contributed by atoms with Crippen LogP contribution in [0.4, 0.5) is 5.82 Å². The number of para-hydroxylation sites is 1. The van der Waals surface area contributed by atoms with Crippen LogP contribution in [0.3, 0.4) is 0 Å². The van der Waals surface area contributed by atoms with E-state index in [4.69, 9.17) is 15.9 Å². The number of aromatic nitrogens is 3. The number of fused-ring (bicyclic) bond motifs is 1. The maximum Gasteiger partial charge on any atom is 0.163 e. The van der Waals surface area contributed by atoms with E-state index in [0.717, 1.165) is 22.3 Å². The molecule has 3 rings (SSSR count). The van der Waals surface area contributed by atoms with Crippen LogP contribution in [-0.4, -0.2) is 47.9 Å². The average Bonchev–Trinajstić information content (AvgIpc) is 2.70. The van der Waals surface area contributed by atoms with Gasteiger partial charge in [0.25, 0.3) is 0 Å². The highest BCUT2D eigenvalue weighted by molar-refractivity contribution is 5.90. The van der Waals surface area contributed by atoms with Crippen molar-refractivity contribution in [3.05, 3.63) is 48.8 Å². The lowest BCUT2D eigenvalue weighted by atomic mass is 10.2. The van der Waals surface area contributed by atoms with Gasteiger partial charge in [0.15, 0.2) is 5.82 Å². The molecular weight excluding hydrogens is 328 g/mol. The first kappa shape index (κ1) is 17.8. The van der Waals surface area contributed by atoms with Crippen LogP contribution in [0.15, 0.2) is 48.8 Å². The second-order valence-electron chi connectivity index (χ2n) is 5.45. The van der Waals surface area contributed by atoms with E-state index in [1.807, 2.05) is 36.4 Å². The smallest absolute Gasteiger partial charge is 0.163 e. The van der Waals surface area contributed by atoms with Gasteiger partial charge in [0.05, 0.1) is 25.3 Å². The highest BCUT2D eigenvalue weighted by atomic mass is 16.5. The van der Waals surface area contributed by atoms with Gasteiger partial charge in [-0.15, -0.1) is 6.42 Å². The summed E-state index contributed by atoms with van der Waals surface area (Å²) in [6.45, 7) is 2.48. The first-order chi connectivity index (χ1) is 12.9. The molecule has 0 saturated carbocycles. The van der Waals surface area contributed by atoms with E-state index in [1.165, 1.54) is 0 Å². The Hall–Kier alpha value is -3.01. The first-order valence-corrected chi connectivity index (χ1v) is 8.38. The van der Waals surface area contributed by atoms with Crippen molar-refractivity contribution < 1.29 is 9.47 Å². The SMILES string of the molecule is C#CCOCCOCCNc1nc(-c2cccnc2)nc2ccccc12. The maximum absolute atomic E-state index is 5.52. The van der Waals surface area contributed by atoms with E-state index in [0.29, 0.717) is 38.8 Å². The molecule has 0 aliphatic heterocycles. The Balaban J connectivity index is 1.66. The van der Waals surface area contributed by atoms with Crippen LogP contribution >= 0.6 is 0 Å². The molecule has 0 bridgehead atoms. The lowest BCUT2D eigenvalue weighted by Crippen LogP contribution is -2.14. The fourth-order valence-corrected chi connectivity index (χ4v) is 2.43. The lowest BCUT2D eigenvalue weighted by molar-refractivity contribution is 0.0647. The summed E-state index contributed by atoms with van der Waals surface area (Å²) in [5, 5.41) is 4.30. The fraction of sp³-hybridized carbons (Fsp3) is 0.250. The molecule has 0 saturated heterocycles. The van der Waals surface area contributed by atoms with E-state index in [2.05, 4.69) is 26.2 Å². The highest BCUT2D eigenvalue weighted by Gasteiger charge is 2.09. The summed E-state index contributed by atoms with van der Waals surface area (Å²) in [7, 11) is 0. The van der Waals surface area contributed by atoms with Gasteiger partial charge in [-0.1, -0.05) is 18.1 Å². The summed E-state index contributed by atoms with van der Waals surface area (Å²) >= 11 is 0. The first-order valence-electron chi connectivity index (χ1n) is 8.38. The predicted molar refractivity (Wildman–Crippen MR) is 102 cm³/mol. The minimum Gasteiger partial charge on any atom is -0.377 e. The topological polar surface area (TPSA) is 69.2 Å². The minimum absolute atomic E-state index is 0.311. The zero-order valence-corrected chi connectivity index (χ0v) is 14.4. The standard InChI is InChI=1S/C20H20N4O2/c1-2-11-25-13-14-26-12-10-22-20-17-7-3-4-8-18(17)23-19(24-20)16-6-5-9-21-15-16/h1,3-9,15H,10-14H2,(H,22,23,24). The Kier molecular flexibility index (Phi) is 6.48. The molecule has 0 aliphatic rings. The fourth-order valence-electron chi connectivity index (χ4n) is 2.43. The number of terminal acetylenes is 1. The zero-order valence-electron chi connectivity index (χ0n) is 14.4. The third-order valence-electron chi connectivity index (χ3n) is 3.62. The lowest BCUT2D eigenvalue weighted by Gasteiger charge is -2.11. The Labute approximate surface area is 152 Å². The molecule has 3 aromatic rings. The van der Waals surface area contributed by atoms with Crippen molar-refractivity contribution in [1.29, 1.82) is 0 Å². The number of ether oxygens (including phenoxy) is 2. The molecule has 0 aliphatic carbocycles. The molecular formula is C20H20N4O2. The van der Waals surface area contributed by atoms with Crippen LogP contribution in [0.1, 0.15) is 0 Å². The molecule has 0 unspecified atom stereocenters. The summed E-state index contributed by atoms with van der Waals surface area (Å²) in [6, 6.07) is 11.7. The number of nitrogens with zero attached hydrogens (tertiary/aromatic N) is 3. The molecule has 6 nitrogen and oxygen atoms in total. The monoisotopic (exact) mass is 348 g/mol. The predicted octanol–water partition coefficient (Wildman–Crippen LogP) is 2.77. The molecule has 0 amide bonds. The Morgan fingerprint density at radius 2 is 1.88 bits per heavy atom. The molecule has 2 aromatic heterocycles.